The lowest BCUT2D eigenvalue weighted by molar-refractivity contribution is -0.137. The zero-order valence-electron chi connectivity index (χ0n) is 16.1. The van der Waals surface area contributed by atoms with Gasteiger partial charge in [-0.15, -0.1) is 11.3 Å². The number of aryl methyl sites for hydroxylation is 1. The topological polar surface area (TPSA) is 51.2 Å². The van der Waals surface area contributed by atoms with Crippen LogP contribution >= 0.6 is 11.3 Å². The van der Waals surface area contributed by atoms with Crippen LogP contribution in [-0.2, 0) is 23.8 Å². The lowest BCUT2D eigenvalue weighted by atomic mass is 9.96. The maximum atomic E-state index is 13.5. The third-order valence-electron chi connectivity index (χ3n) is 4.89. The minimum atomic E-state index is -4.46. The normalized spacial score (nSPS) is 15.5. The Balaban J connectivity index is 1.47. The summed E-state index contributed by atoms with van der Waals surface area (Å²) < 4.78 is 46.3. The quantitative estimate of drug-likeness (QED) is 0.630. The molecule has 0 saturated carbocycles. The van der Waals surface area contributed by atoms with Crippen molar-refractivity contribution < 1.29 is 22.7 Å². The molecule has 1 unspecified atom stereocenters. The first kappa shape index (κ1) is 20.4. The smallest absolute Gasteiger partial charge is 0.417 e. The molecule has 0 bridgehead atoms. The van der Waals surface area contributed by atoms with Gasteiger partial charge in [0, 0.05) is 17.4 Å². The van der Waals surface area contributed by atoms with E-state index in [1.54, 1.807) is 18.2 Å². The lowest BCUT2D eigenvalue weighted by Crippen LogP contribution is -2.35. The van der Waals surface area contributed by atoms with Crippen LogP contribution < -0.4 is 10.1 Å². The van der Waals surface area contributed by atoms with Gasteiger partial charge in [0.25, 0.3) is 0 Å². The molecule has 0 aliphatic carbocycles. The predicted octanol–water partition coefficient (Wildman–Crippen LogP) is 4.80. The fourth-order valence-corrected chi connectivity index (χ4v) is 4.19. The van der Waals surface area contributed by atoms with E-state index >= 15 is 0 Å². The van der Waals surface area contributed by atoms with Gasteiger partial charge >= 0.3 is 6.18 Å². The summed E-state index contributed by atoms with van der Waals surface area (Å²) in [6, 6.07) is 10.7. The molecule has 156 valence electrons. The third-order valence-corrected chi connectivity index (χ3v) is 5.71. The number of nitrogens with zero attached hydrogens (tertiary/aromatic N) is 1. The number of ether oxygens (including phenoxy) is 1. The Labute approximate surface area is 175 Å². The maximum absolute atomic E-state index is 13.5. The second-order valence-corrected chi connectivity index (χ2v) is 8.18. The molecule has 1 N–H and O–H groups in total. The molecule has 0 radical (unpaired) electrons. The van der Waals surface area contributed by atoms with Crippen molar-refractivity contribution in [2.75, 3.05) is 6.54 Å². The Morgan fingerprint density at radius 1 is 1.20 bits per heavy atom. The van der Waals surface area contributed by atoms with E-state index in [9.17, 15) is 18.0 Å². The lowest BCUT2D eigenvalue weighted by Gasteiger charge is -2.16. The number of alkyl halides is 3. The number of halogens is 3. The van der Waals surface area contributed by atoms with Crippen molar-refractivity contribution in [2.24, 2.45) is 0 Å². The van der Waals surface area contributed by atoms with E-state index in [-0.39, 0.29) is 30.5 Å². The minimum absolute atomic E-state index is 0.0884. The number of hydrogen-bond donors (Lipinski definition) is 1. The van der Waals surface area contributed by atoms with Crippen LogP contribution in [0.25, 0.3) is 11.1 Å². The SMILES string of the molecule is Cc1nc(CC(=O)NCC2Cc3cccc(-c4ccccc4C(F)(F)F)c3O2)cs1. The Kier molecular flexibility index (Phi) is 5.51. The molecule has 4 rings (SSSR count). The van der Waals surface area contributed by atoms with E-state index in [1.807, 2.05) is 18.4 Å². The molecule has 0 fully saturated rings. The highest BCUT2D eigenvalue weighted by molar-refractivity contribution is 7.09. The van der Waals surface area contributed by atoms with Gasteiger partial charge in [0.15, 0.2) is 0 Å². The average molecular weight is 432 g/mol. The molecule has 1 amide bonds. The van der Waals surface area contributed by atoms with Gasteiger partial charge in [-0.25, -0.2) is 4.98 Å². The summed E-state index contributed by atoms with van der Waals surface area (Å²) in [5.74, 6) is 0.283. The number of aromatic nitrogens is 1. The summed E-state index contributed by atoms with van der Waals surface area (Å²) in [4.78, 5) is 16.4. The Bertz CT molecular complexity index is 1080. The van der Waals surface area contributed by atoms with E-state index in [0.29, 0.717) is 17.7 Å². The zero-order chi connectivity index (χ0) is 21.3. The van der Waals surface area contributed by atoms with Gasteiger partial charge in [-0.3, -0.25) is 4.79 Å². The summed E-state index contributed by atoms with van der Waals surface area (Å²) in [6.45, 7) is 2.15. The first-order chi connectivity index (χ1) is 14.3. The van der Waals surface area contributed by atoms with Crippen molar-refractivity contribution in [1.82, 2.24) is 10.3 Å². The van der Waals surface area contributed by atoms with Crippen LogP contribution in [0.15, 0.2) is 47.8 Å². The van der Waals surface area contributed by atoms with Crippen LogP contribution in [0.2, 0.25) is 0 Å². The molecule has 0 saturated heterocycles. The third kappa shape index (κ3) is 4.33. The standard InChI is InChI=1S/C22H19F3N2O2S/c1-13-27-15(12-30-13)10-20(28)26-11-16-9-14-5-4-7-18(21(14)29-16)17-6-2-3-8-19(17)22(23,24)25/h2-8,12,16H,9-11H2,1H3,(H,26,28). The van der Waals surface area contributed by atoms with Gasteiger partial charge in [-0.05, 0) is 24.1 Å². The Hall–Kier alpha value is -2.87. The first-order valence-corrected chi connectivity index (χ1v) is 10.3. The summed E-state index contributed by atoms with van der Waals surface area (Å²) in [5, 5.41) is 5.58. The summed E-state index contributed by atoms with van der Waals surface area (Å²) in [5.41, 5.74) is 1.35. The van der Waals surface area contributed by atoms with E-state index in [2.05, 4.69) is 10.3 Å². The van der Waals surface area contributed by atoms with Gasteiger partial charge < -0.3 is 10.1 Å². The predicted molar refractivity (Wildman–Crippen MR) is 109 cm³/mol. The van der Waals surface area contributed by atoms with Crippen LogP contribution in [0.4, 0.5) is 13.2 Å². The highest BCUT2D eigenvalue weighted by Crippen LogP contribution is 2.43. The number of para-hydroxylation sites is 1. The number of fused-ring (bicyclic) bond motifs is 1. The first-order valence-electron chi connectivity index (χ1n) is 9.44. The number of carbonyl (C=O) groups is 1. The van der Waals surface area contributed by atoms with Crippen molar-refractivity contribution in [3.8, 4) is 16.9 Å². The van der Waals surface area contributed by atoms with Crippen LogP contribution in [0.1, 0.15) is 21.8 Å². The number of nitrogens with one attached hydrogen (secondary N) is 1. The van der Waals surface area contributed by atoms with E-state index in [1.165, 1.54) is 23.5 Å². The minimum Gasteiger partial charge on any atom is -0.487 e. The van der Waals surface area contributed by atoms with E-state index in [4.69, 9.17) is 4.74 Å². The largest absolute Gasteiger partial charge is 0.487 e. The molecule has 30 heavy (non-hydrogen) atoms. The molecule has 4 nitrogen and oxygen atoms in total. The Morgan fingerprint density at radius 3 is 2.70 bits per heavy atom. The summed E-state index contributed by atoms with van der Waals surface area (Å²) in [7, 11) is 0. The molecule has 0 spiro atoms. The van der Waals surface area contributed by atoms with Gasteiger partial charge in [0.1, 0.15) is 11.9 Å². The van der Waals surface area contributed by atoms with Crippen molar-refractivity contribution in [2.45, 2.75) is 32.0 Å². The molecule has 2 heterocycles. The van der Waals surface area contributed by atoms with Crippen LogP contribution in [-0.4, -0.2) is 23.5 Å². The van der Waals surface area contributed by atoms with E-state index in [0.717, 1.165) is 22.3 Å². The number of amides is 1. The fraction of sp³-hybridized carbons (Fsp3) is 0.273. The molecule has 1 aliphatic heterocycles. The maximum Gasteiger partial charge on any atom is 0.417 e. The highest BCUT2D eigenvalue weighted by Gasteiger charge is 2.35. The molecular formula is C22H19F3N2O2S. The van der Waals surface area contributed by atoms with Crippen LogP contribution in [0.5, 0.6) is 5.75 Å². The highest BCUT2D eigenvalue weighted by atomic mass is 32.1. The second kappa shape index (κ2) is 8.10. The second-order valence-electron chi connectivity index (χ2n) is 7.12. The molecule has 1 aromatic heterocycles. The number of hydrogen-bond acceptors (Lipinski definition) is 4. The van der Waals surface area contributed by atoms with Crippen LogP contribution in [0, 0.1) is 6.92 Å². The molecule has 2 aromatic carbocycles. The number of rotatable bonds is 5. The van der Waals surface area contributed by atoms with Gasteiger partial charge in [0.2, 0.25) is 5.91 Å². The van der Waals surface area contributed by atoms with Gasteiger partial charge in [-0.2, -0.15) is 13.2 Å². The summed E-state index contributed by atoms with van der Waals surface area (Å²) >= 11 is 1.49. The van der Waals surface area contributed by atoms with Crippen molar-refractivity contribution in [3.05, 3.63) is 69.7 Å². The van der Waals surface area contributed by atoms with Crippen molar-refractivity contribution in [1.29, 1.82) is 0 Å². The molecule has 1 aliphatic rings. The average Bonchev–Trinajstić information content (AvgIpc) is 3.31. The van der Waals surface area contributed by atoms with Crippen LogP contribution in [0.3, 0.4) is 0 Å². The summed E-state index contributed by atoms with van der Waals surface area (Å²) in [6.07, 6.45) is -4.08. The monoisotopic (exact) mass is 432 g/mol. The fourth-order valence-electron chi connectivity index (χ4n) is 3.57. The number of benzene rings is 2. The van der Waals surface area contributed by atoms with Gasteiger partial charge in [-0.1, -0.05) is 36.4 Å². The van der Waals surface area contributed by atoms with Gasteiger partial charge in [0.05, 0.1) is 29.2 Å². The van der Waals surface area contributed by atoms with Crippen molar-refractivity contribution >= 4 is 17.2 Å². The van der Waals surface area contributed by atoms with Crippen molar-refractivity contribution in [3.63, 3.8) is 0 Å². The number of carbonyl (C=O) groups excluding carboxylic acids is 1. The van der Waals surface area contributed by atoms with E-state index < -0.39 is 11.7 Å². The number of thiazole rings is 1. The molecular weight excluding hydrogens is 413 g/mol. The molecule has 3 aromatic rings. The zero-order valence-corrected chi connectivity index (χ0v) is 16.9. The Morgan fingerprint density at radius 2 is 1.97 bits per heavy atom. The molecule has 1 atom stereocenters. The molecule has 8 heteroatoms.